The first-order valence-corrected chi connectivity index (χ1v) is 8.03. The standard InChI is InChI=1S/C19H20ClNO3/c1-12-5-4-6-13(2)19(12)21-18(23)10-8-16(22)15-11-14(20)7-9-17(15)24-3/h4-7,9,11H,8,10H2,1-3H3,(H,21,23). The van der Waals surface area contributed by atoms with Crippen molar-refractivity contribution < 1.29 is 14.3 Å². The molecule has 2 aromatic carbocycles. The smallest absolute Gasteiger partial charge is 0.224 e. The van der Waals surface area contributed by atoms with E-state index in [1.165, 1.54) is 7.11 Å². The lowest BCUT2D eigenvalue weighted by Gasteiger charge is -2.12. The lowest BCUT2D eigenvalue weighted by molar-refractivity contribution is -0.116. The zero-order valence-corrected chi connectivity index (χ0v) is 14.7. The number of carbonyl (C=O) groups is 2. The first kappa shape index (κ1) is 18.0. The number of ketones is 1. The minimum atomic E-state index is -0.193. The molecule has 0 fully saturated rings. The highest BCUT2D eigenvalue weighted by Crippen LogP contribution is 2.25. The molecule has 0 unspecified atom stereocenters. The van der Waals surface area contributed by atoms with Crippen molar-refractivity contribution in [2.75, 3.05) is 12.4 Å². The van der Waals surface area contributed by atoms with Crippen LogP contribution < -0.4 is 10.1 Å². The van der Waals surface area contributed by atoms with Crippen molar-refractivity contribution in [1.82, 2.24) is 0 Å². The van der Waals surface area contributed by atoms with Gasteiger partial charge in [0.25, 0.3) is 0 Å². The summed E-state index contributed by atoms with van der Waals surface area (Å²) in [7, 11) is 1.49. The second-order valence-electron chi connectivity index (χ2n) is 5.58. The summed E-state index contributed by atoms with van der Waals surface area (Å²) < 4.78 is 5.18. The Morgan fingerprint density at radius 3 is 2.38 bits per heavy atom. The summed E-state index contributed by atoms with van der Waals surface area (Å²) in [5, 5.41) is 3.33. The van der Waals surface area contributed by atoms with Gasteiger partial charge in [0.2, 0.25) is 5.91 Å². The monoisotopic (exact) mass is 345 g/mol. The van der Waals surface area contributed by atoms with Gasteiger partial charge in [-0.2, -0.15) is 0 Å². The highest BCUT2D eigenvalue weighted by atomic mass is 35.5. The molecule has 126 valence electrons. The highest BCUT2D eigenvalue weighted by Gasteiger charge is 2.15. The van der Waals surface area contributed by atoms with Crippen molar-refractivity contribution in [2.24, 2.45) is 0 Å². The summed E-state index contributed by atoms with van der Waals surface area (Å²) in [6.07, 6.45) is 0.190. The van der Waals surface area contributed by atoms with E-state index >= 15 is 0 Å². The molecular weight excluding hydrogens is 326 g/mol. The molecule has 0 heterocycles. The number of amides is 1. The fourth-order valence-corrected chi connectivity index (χ4v) is 2.65. The largest absolute Gasteiger partial charge is 0.496 e. The molecule has 0 saturated heterocycles. The zero-order chi connectivity index (χ0) is 17.7. The molecule has 0 aromatic heterocycles. The quantitative estimate of drug-likeness (QED) is 0.780. The summed E-state index contributed by atoms with van der Waals surface area (Å²) >= 11 is 5.94. The number of nitrogens with one attached hydrogen (secondary N) is 1. The first-order chi connectivity index (χ1) is 11.4. The molecule has 0 spiro atoms. The van der Waals surface area contributed by atoms with Crippen LogP contribution in [0.1, 0.15) is 34.3 Å². The predicted octanol–water partition coefficient (Wildman–Crippen LogP) is 4.57. The Hall–Kier alpha value is -2.33. The maximum atomic E-state index is 12.3. The van der Waals surface area contributed by atoms with E-state index < -0.39 is 0 Å². The second-order valence-corrected chi connectivity index (χ2v) is 6.02. The molecule has 4 nitrogen and oxygen atoms in total. The molecule has 0 aliphatic rings. The number of para-hydroxylation sites is 1. The van der Waals surface area contributed by atoms with Gasteiger partial charge in [-0.3, -0.25) is 9.59 Å². The van der Waals surface area contributed by atoms with E-state index in [-0.39, 0.29) is 24.5 Å². The fourth-order valence-electron chi connectivity index (χ4n) is 2.47. The summed E-state index contributed by atoms with van der Waals surface area (Å²) in [5.74, 6) is 0.0901. The second kappa shape index (κ2) is 7.97. The number of Topliss-reactive ketones (excluding diaryl/α,β-unsaturated/α-hetero) is 1. The lowest BCUT2D eigenvalue weighted by Crippen LogP contribution is -2.15. The van der Waals surface area contributed by atoms with Gasteiger partial charge in [-0.15, -0.1) is 0 Å². The van der Waals surface area contributed by atoms with E-state index in [9.17, 15) is 9.59 Å². The normalized spacial score (nSPS) is 10.3. The Labute approximate surface area is 146 Å². The molecule has 0 radical (unpaired) electrons. The summed E-state index contributed by atoms with van der Waals surface area (Å²) in [4.78, 5) is 24.5. The molecule has 24 heavy (non-hydrogen) atoms. The van der Waals surface area contributed by atoms with Crippen molar-refractivity contribution in [3.63, 3.8) is 0 Å². The van der Waals surface area contributed by atoms with Gasteiger partial charge in [-0.1, -0.05) is 29.8 Å². The minimum Gasteiger partial charge on any atom is -0.496 e. The van der Waals surface area contributed by atoms with Crippen molar-refractivity contribution in [2.45, 2.75) is 26.7 Å². The molecule has 0 atom stereocenters. The van der Waals surface area contributed by atoms with E-state index in [2.05, 4.69) is 5.32 Å². The zero-order valence-electron chi connectivity index (χ0n) is 14.0. The number of halogens is 1. The number of carbonyl (C=O) groups excluding carboxylic acids is 2. The number of ether oxygens (including phenoxy) is 1. The van der Waals surface area contributed by atoms with Gasteiger partial charge in [0.05, 0.1) is 12.7 Å². The van der Waals surface area contributed by atoms with E-state index in [0.29, 0.717) is 16.3 Å². The van der Waals surface area contributed by atoms with Gasteiger partial charge in [0.15, 0.2) is 5.78 Å². The van der Waals surface area contributed by atoms with Crippen molar-refractivity contribution >= 4 is 29.0 Å². The van der Waals surface area contributed by atoms with Crippen LogP contribution in [0.3, 0.4) is 0 Å². The van der Waals surface area contributed by atoms with Crippen LogP contribution in [-0.2, 0) is 4.79 Å². The number of aryl methyl sites for hydroxylation is 2. The van der Waals surface area contributed by atoms with Crippen LogP contribution in [0.5, 0.6) is 5.75 Å². The van der Waals surface area contributed by atoms with E-state index in [1.54, 1.807) is 18.2 Å². The Balaban J connectivity index is 2.02. The Morgan fingerprint density at radius 2 is 1.75 bits per heavy atom. The van der Waals surface area contributed by atoms with Crippen LogP contribution in [0.2, 0.25) is 5.02 Å². The summed E-state index contributed by atoms with van der Waals surface area (Å²) in [6.45, 7) is 3.87. The van der Waals surface area contributed by atoms with Gasteiger partial charge in [0.1, 0.15) is 5.75 Å². The topological polar surface area (TPSA) is 55.4 Å². The van der Waals surface area contributed by atoms with Crippen LogP contribution in [0.25, 0.3) is 0 Å². The van der Waals surface area contributed by atoms with E-state index in [0.717, 1.165) is 16.8 Å². The number of hydrogen-bond acceptors (Lipinski definition) is 3. The maximum Gasteiger partial charge on any atom is 0.224 e. The fraction of sp³-hybridized carbons (Fsp3) is 0.263. The third-order valence-electron chi connectivity index (χ3n) is 3.79. The Kier molecular flexibility index (Phi) is 5.99. The van der Waals surface area contributed by atoms with Gasteiger partial charge in [-0.05, 0) is 43.2 Å². The Bertz CT molecular complexity index is 751. The van der Waals surface area contributed by atoms with Crippen LogP contribution in [-0.4, -0.2) is 18.8 Å². The molecule has 0 bridgehead atoms. The summed E-state index contributed by atoms with van der Waals surface area (Å²) in [6, 6.07) is 10.7. The Morgan fingerprint density at radius 1 is 1.08 bits per heavy atom. The SMILES string of the molecule is COc1ccc(Cl)cc1C(=O)CCC(=O)Nc1c(C)cccc1C. The van der Waals surface area contributed by atoms with Gasteiger partial charge in [-0.25, -0.2) is 0 Å². The number of methoxy groups -OCH3 is 1. The van der Waals surface area contributed by atoms with Gasteiger partial charge < -0.3 is 10.1 Å². The third-order valence-corrected chi connectivity index (χ3v) is 4.02. The average Bonchev–Trinajstić information content (AvgIpc) is 2.56. The van der Waals surface area contributed by atoms with Gasteiger partial charge >= 0.3 is 0 Å². The lowest BCUT2D eigenvalue weighted by atomic mass is 10.0. The number of anilines is 1. The van der Waals surface area contributed by atoms with Crippen molar-refractivity contribution in [3.8, 4) is 5.75 Å². The first-order valence-electron chi connectivity index (χ1n) is 7.65. The molecule has 1 amide bonds. The molecule has 2 aromatic rings. The van der Waals surface area contributed by atoms with Crippen LogP contribution in [0.4, 0.5) is 5.69 Å². The number of rotatable bonds is 6. The van der Waals surface area contributed by atoms with Crippen LogP contribution >= 0.6 is 11.6 Å². The molecule has 2 rings (SSSR count). The molecular formula is C19H20ClNO3. The molecule has 0 aliphatic heterocycles. The predicted molar refractivity (Wildman–Crippen MR) is 96.1 cm³/mol. The van der Waals surface area contributed by atoms with Gasteiger partial charge in [0, 0.05) is 23.6 Å². The average molecular weight is 346 g/mol. The van der Waals surface area contributed by atoms with E-state index in [1.807, 2.05) is 32.0 Å². The number of hydrogen-bond donors (Lipinski definition) is 1. The molecule has 5 heteroatoms. The van der Waals surface area contributed by atoms with E-state index in [4.69, 9.17) is 16.3 Å². The number of benzene rings is 2. The molecule has 1 N–H and O–H groups in total. The highest BCUT2D eigenvalue weighted by molar-refractivity contribution is 6.31. The maximum absolute atomic E-state index is 12.3. The van der Waals surface area contributed by atoms with Crippen molar-refractivity contribution in [1.29, 1.82) is 0 Å². The van der Waals surface area contributed by atoms with Crippen molar-refractivity contribution in [3.05, 3.63) is 58.1 Å². The molecule has 0 aliphatic carbocycles. The molecule has 0 saturated carbocycles. The van der Waals surface area contributed by atoms with Crippen LogP contribution in [0, 0.1) is 13.8 Å². The minimum absolute atomic E-state index is 0.0907. The summed E-state index contributed by atoms with van der Waals surface area (Å²) in [5.41, 5.74) is 3.18. The third kappa shape index (κ3) is 4.36. The van der Waals surface area contributed by atoms with Crippen LogP contribution in [0.15, 0.2) is 36.4 Å².